The van der Waals surface area contributed by atoms with E-state index in [0.29, 0.717) is 12.2 Å². The predicted molar refractivity (Wildman–Crippen MR) is 90.0 cm³/mol. The van der Waals surface area contributed by atoms with E-state index in [2.05, 4.69) is 5.32 Å². The highest BCUT2D eigenvalue weighted by Gasteiger charge is 2.15. The first-order valence-electron chi connectivity index (χ1n) is 7.93. The second-order valence-electron chi connectivity index (χ2n) is 5.79. The van der Waals surface area contributed by atoms with Gasteiger partial charge in [0.1, 0.15) is 12.4 Å². The van der Waals surface area contributed by atoms with Crippen LogP contribution in [0.5, 0.6) is 5.75 Å². The van der Waals surface area contributed by atoms with Gasteiger partial charge in [-0.3, -0.25) is 4.79 Å². The molecule has 1 heterocycles. The zero-order valence-corrected chi connectivity index (χ0v) is 13.2. The quantitative estimate of drug-likeness (QED) is 0.913. The first-order valence-corrected chi connectivity index (χ1v) is 7.93. The van der Waals surface area contributed by atoms with E-state index < -0.39 is 0 Å². The molecule has 2 aromatic carbocycles. The number of aryl methyl sites for hydroxylation is 1. The molecule has 0 aliphatic carbocycles. The SMILES string of the molecule is Cc1cccc(C(=O)Nc2ccc(OC[C@@H]3CCCO3)cc2)c1. The van der Waals surface area contributed by atoms with Crippen LogP contribution in [0.4, 0.5) is 5.69 Å². The Balaban J connectivity index is 1.55. The zero-order chi connectivity index (χ0) is 16.1. The first kappa shape index (κ1) is 15.6. The lowest BCUT2D eigenvalue weighted by Crippen LogP contribution is -2.16. The normalized spacial score (nSPS) is 17.0. The molecule has 23 heavy (non-hydrogen) atoms. The largest absolute Gasteiger partial charge is 0.491 e. The van der Waals surface area contributed by atoms with E-state index in [1.165, 1.54) is 0 Å². The van der Waals surface area contributed by atoms with E-state index in [-0.39, 0.29) is 12.0 Å². The van der Waals surface area contributed by atoms with Crippen LogP contribution in [0.25, 0.3) is 0 Å². The minimum atomic E-state index is -0.110. The molecule has 3 rings (SSSR count). The summed E-state index contributed by atoms with van der Waals surface area (Å²) >= 11 is 0. The Morgan fingerprint density at radius 3 is 2.78 bits per heavy atom. The Kier molecular flexibility index (Phi) is 4.93. The summed E-state index contributed by atoms with van der Waals surface area (Å²) in [6.45, 7) is 3.38. The molecule has 0 saturated carbocycles. The maximum Gasteiger partial charge on any atom is 0.255 e. The van der Waals surface area contributed by atoms with Gasteiger partial charge in [0.25, 0.3) is 5.91 Å². The van der Waals surface area contributed by atoms with Crippen LogP contribution >= 0.6 is 0 Å². The summed E-state index contributed by atoms with van der Waals surface area (Å²) in [5.74, 6) is 0.677. The van der Waals surface area contributed by atoms with E-state index in [1.807, 2.05) is 49.4 Å². The third kappa shape index (κ3) is 4.33. The summed E-state index contributed by atoms with van der Waals surface area (Å²) in [5, 5.41) is 2.89. The van der Waals surface area contributed by atoms with Gasteiger partial charge in [-0.1, -0.05) is 17.7 Å². The summed E-state index contributed by atoms with van der Waals surface area (Å²) in [7, 11) is 0. The highest BCUT2D eigenvalue weighted by atomic mass is 16.5. The van der Waals surface area contributed by atoms with Crippen molar-refractivity contribution in [2.75, 3.05) is 18.5 Å². The molecule has 0 bridgehead atoms. The van der Waals surface area contributed by atoms with Crippen molar-refractivity contribution in [2.45, 2.75) is 25.9 Å². The van der Waals surface area contributed by atoms with Gasteiger partial charge in [0.15, 0.2) is 0 Å². The van der Waals surface area contributed by atoms with Gasteiger partial charge in [0.05, 0.1) is 6.10 Å². The van der Waals surface area contributed by atoms with Gasteiger partial charge >= 0.3 is 0 Å². The van der Waals surface area contributed by atoms with Crippen molar-refractivity contribution in [1.82, 2.24) is 0 Å². The summed E-state index contributed by atoms with van der Waals surface area (Å²) in [4.78, 5) is 12.2. The van der Waals surface area contributed by atoms with Gasteiger partial charge in [-0.15, -0.1) is 0 Å². The molecular formula is C19H21NO3. The topological polar surface area (TPSA) is 47.6 Å². The van der Waals surface area contributed by atoms with Crippen molar-refractivity contribution < 1.29 is 14.3 Å². The third-order valence-corrected chi connectivity index (χ3v) is 3.85. The maximum atomic E-state index is 12.2. The second kappa shape index (κ2) is 7.29. The summed E-state index contributed by atoms with van der Waals surface area (Å²) in [6.07, 6.45) is 2.37. The predicted octanol–water partition coefficient (Wildman–Crippen LogP) is 3.81. The van der Waals surface area contributed by atoms with Crippen molar-refractivity contribution in [3.05, 3.63) is 59.7 Å². The van der Waals surface area contributed by atoms with Crippen molar-refractivity contribution in [1.29, 1.82) is 0 Å². The van der Waals surface area contributed by atoms with Crippen LogP contribution < -0.4 is 10.1 Å². The van der Waals surface area contributed by atoms with E-state index in [9.17, 15) is 4.79 Å². The Bertz CT molecular complexity index is 661. The fourth-order valence-corrected chi connectivity index (χ4v) is 2.59. The average molecular weight is 311 g/mol. The van der Waals surface area contributed by atoms with Gasteiger partial charge in [-0.2, -0.15) is 0 Å². The van der Waals surface area contributed by atoms with E-state index in [4.69, 9.17) is 9.47 Å². The van der Waals surface area contributed by atoms with Gasteiger partial charge in [0, 0.05) is 17.9 Å². The number of carbonyl (C=O) groups excluding carboxylic acids is 1. The number of benzene rings is 2. The van der Waals surface area contributed by atoms with Crippen molar-refractivity contribution in [3.8, 4) is 5.75 Å². The summed E-state index contributed by atoms with van der Waals surface area (Å²) in [6, 6.07) is 14.9. The van der Waals surface area contributed by atoms with Crippen molar-refractivity contribution >= 4 is 11.6 Å². The van der Waals surface area contributed by atoms with Crippen LogP contribution in [0.2, 0.25) is 0 Å². The fraction of sp³-hybridized carbons (Fsp3) is 0.316. The van der Waals surface area contributed by atoms with E-state index in [1.54, 1.807) is 6.07 Å². The van der Waals surface area contributed by atoms with Crippen molar-refractivity contribution in [2.24, 2.45) is 0 Å². The molecule has 0 radical (unpaired) electrons. The third-order valence-electron chi connectivity index (χ3n) is 3.85. The number of carbonyl (C=O) groups is 1. The van der Waals surface area contributed by atoms with Crippen LogP contribution in [-0.2, 0) is 4.74 Å². The molecule has 1 aliphatic rings. The molecule has 2 aromatic rings. The molecule has 1 saturated heterocycles. The number of hydrogen-bond acceptors (Lipinski definition) is 3. The number of anilines is 1. The Hall–Kier alpha value is -2.33. The average Bonchev–Trinajstić information content (AvgIpc) is 3.08. The Morgan fingerprint density at radius 2 is 2.09 bits per heavy atom. The van der Waals surface area contributed by atoms with Crippen LogP contribution in [0.1, 0.15) is 28.8 Å². The monoisotopic (exact) mass is 311 g/mol. The molecule has 1 N–H and O–H groups in total. The lowest BCUT2D eigenvalue weighted by molar-refractivity contribution is 0.0679. The fourth-order valence-electron chi connectivity index (χ4n) is 2.59. The smallest absolute Gasteiger partial charge is 0.255 e. The number of hydrogen-bond donors (Lipinski definition) is 1. The van der Waals surface area contributed by atoms with Gasteiger partial charge < -0.3 is 14.8 Å². The minimum absolute atomic E-state index is 0.110. The molecule has 4 heteroatoms. The number of nitrogens with one attached hydrogen (secondary N) is 1. The number of rotatable bonds is 5. The Morgan fingerprint density at radius 1 is 1.26 bits per heavy atom. The van der Waals surface area contributed by atoms with Crippen LogP contribution in [-0.4, -0.2) is 25.2 Å². The van der Waals surface area contributed by atoms with Crippen LogP contribution in [0.15, 0.2) is 48.5 Å². The maximum absolute atomic E-state index is 12.2. The highest BCUT2D eigenvalue weighted by molar-refractivity contribution is 6.04. The lowest BCUT2D eigenvalue weighted by Gasteiger charge is -2.12. The van der Waals surface area contributed by atoms with Crippen molar-refractivity contribution in [3.63, 3.8) is 0 Å². The summed E-state index contributed by atoms with van der Waals surface area (Å²) in [5.41, 5.74) is 2.47. The zero-order valence-electron chi connectivity index (χ0n) is 13.2. The lowest BCUT2D eigenvalue weighted by atomic mass is 10.1. The molecule has 1 fully saturated rings. The molecular weight excluding hydrogens is 290 g/mol. The second-order valence-corrected chi connectivity index (χ2v) is 5.79. The van der Waals surface area contributed by atoms with Crippen LogP contribution in [0, 0.1) is 6.92 Å². The minimum Gasteiger partial charge on any atom is -0.491 e. The van der Waals surface area contributed by atoms with E-state index >= 15 is 0 Å². The molecule has 1 aliphatic heterocycles. The molecule has 120 valence electrons. The molecule has 0 spiro atoms. The summed E-state index contributed by atoms with van der Waals surface area (Å²) < 4.78 is 11.2. The molecule has 1 amide bonds. The number of amides is 1. The molecule has 0 aromatic heterocycles. The van der Waals surface area contributed by atoms with Crippen LogP contribution in [0.3, 0.4) is 0 Å². The van der Waals surface area contributed by atoms with Gasteiger partial charge in [0.2, 0.25) is 0 Å². The van der Waals surface area contributed by atoms with Gasteiger partial charge in [-0.25, -0.2) is 0 Å². The first-order chi connectivity index (χ1) is 11.2. The Labute approximate surface area is 136 Å². The van der Waals surface area contributed by atoms with E-state index in [0.717, 1.165) is 36.4 Å². The molecule has 1 atom stereocenters. The molecule has 0 unspecified atom stereocenters. The van der Waals surface area contributed by atoms with Gasteiger partial charge in [-0.05, 0) is 56.2 Å². The standard InChI is InChI=1S/C19H21NO3/c1-14-4-2-5-15(12-14)19(21)20-16-7-9-17(10-8-16)23-13-18-6-3-11-22-18/h2,4-5,7-10,12,18H,3,6,11,13H2,1H3,(H,20,21)/t18-/m0/s1. The number of ether oxygens (including phenoxy) is 2. The molecule has 4 nitrogen and oxygen atoms in total. The highest BCUT2D eigenvalue weighted by Crippen LogP contribution is 2.19.